The first kappa shape index (κ1) is 21.7. The Morgan fingerprint density at radius 2 is 1.70 bits per heavy atom. The van der Waals surface area contributed by atoms with Crippen LogP contribution in [0.15, 0.2) is 12.2 Å². The first-order valence-corrected chi connectivity index (χ1v) is 8.64. The van der Waals surface area contributed by atoms with Gasteiger partial charge in [-0.3, -0.25) is 4.79 Å². The van der Waals surface area contributed by atoms with E-state index in [2.05, 4.69) is 37.9 Å². The summed E-state index contributed by atoms with van der Waals surface area (Å²) in [7, 11) is 0. The fourth-order valence-corrected chi connectivity index (χ4v) is 2.13. The summed E-state index contributed by atoms with van der Waals surface area (Å²) in [4.78, 5) is 11.6. The maximum absolute atomic E-state index is 11.6. The number of allylic oxidation sites excluding steroid dienone is 1. The van der Waals surface area contributed by atoms with E-state index in [1.165, 1.54) is 19.3 Å². The molecule has 1 fully saturated rings. The number of hydrogen-bond donors (Lipinski definition) is 2. The van der Waals surface area contributed by atoms with Gasteiger partial charge in [-0.1, -0.05) is 58.0 Å². The lowest BCUT2D eigenvalue weighted by Gasteiger charge is -2.22. The molecule has 0 saturated heterocycles. The van der Waals surface area contributed by atoms with Crippen molar-refractivity contribution in [2.24, 2.45) is 10.8 Å². The zero-order chi connectivity index (χ0) is 17.9. The molecule has 0 radical (unpaired) electrons. The van der Waals surface area contributed by atoms with E-state index in [4.69, 9.17) is 5.11 Å². The summed E-state index contributed by atoms with van der Waals surface area (Å²) in [6, 6.07) is 0.413. The lowest BCUT2D eigenvalue weighted by atomic mass is 9.95. The molecule has 3 nitrogen and oxygen atoms in total. The van der Waals surface area contributed by atoms with Crippen LogP contribution in [0, 0.1) is 22.7 Å². The third-order valence-electron chi connectivity index (χ3n) is 3.23. The van der Waals surface area contributed by atoms with Crippen molar-refractivity contribution >= 4 is 5.91 Å². The summed E-state index contributed by atoms with van der Waals surface area (Å²) < 4.78 is 0. The Morgan fingerprint density at radius 3 is 2.09 bits per heavy atom. The van der Waals surface area contributed by atoms with Crippen LogP contribution < -0.4 is 5.32 Å². The minimum absolute atomic E-state index is 0.0305. The summed E-state index contributed by atoms with van der Waals surface area (Å²) in [5.41, 5.74) is 0.118. The van der Waals surface area contributed by atoms with E-state index < -0.39 is 0 Å². The standard InChI is InChI=1S/C13H23NO.C7H12O/c1-13(2,3)10-9-12(15)14-11-7-5-4-6-8-11;1-7(2,3)5-4-6-8/h9-11H,4-8H2,1-3H3,(H,14,15);8H,6H2,1-3H3/b10-9+;. The van der Waals surface area contributed by atoms with Crippen LogP contribution in [-0.2, 0) is 4.79 Å². The van der Waals surface area contributed by atoms with E-state index in [-0.39, 0.29) is 23.3 Å². The predicted molar refractivity (Wildman–Crippen MR) is 97.9 cm³/mol. The second kappa shape index (κ2) is 10.5. The highest BCUT2D eigenvalue weighted by Crippen LogP contribution is 2.18. The molecule has 0 spiro atoms. The van der Waals surface area contributed by atoms with E-state index in [1.807, 2.05) is 26.8 Å². The quantitative estimate of drug-likeness (QED) is 0.595. The van der Waals surface area contributed by atoms with Crippen LogP contribution in [0.1, 0.15) is 73.6 Å². The first-order chi connectivity index (χ1) is 10.5. The largest absolute Gasteiger partial charge is 0.384 e. The Kier molecular flexibility index (Phi) is 9.91. The van der Waals surface area contributed by atoms with E-state index >= 15 is 0 Å². The molecule has 132 valence electrons. The number of carbonyl (C=O) groups excluding carboxylic acids is 1. The maximum Gasteiger partial charge on any atom is 0.243 e. The summed E-state index contributed by atoms with van der Waals surface area (Å²) in [5.74, 6) is 5.53. The highest BCUT2D eigenvalue weighted by Gasteiger charge is 2.14. The van der Waals surface area contributed by atoms with Gasteiger partial charge in [-0.15, -0.1) is 0 Å². The number of hydrogen-bond acceptors (Lipinski definition) is 2. The zero-order valence-corrected chi connectivity index (χ0v) is 15.8. The molecule has 1 aliphatic rings. The Labute approximate surface area is 142 Å². The minimum Gasteiger partial charge on any atom is -0.384 e. The first-order valence-electron chi connectivity index (χ1n) is 8.64. The lowest BCUT2D eigenvalue weighted by Crippen LogP contribution is -2.35. The Bertz CT molecular complexity index is 421. The molecule has 0 aromatic heterocycles. The average Bonchev–Trinajstić information content (AvgIpc) is 2.43. The molecule has 1 amide bonds. The van der Waals surface area contributed by atoms with Gasteiger partial charge in [-0.05, 0) is 45.1 Å². The molecule has 0 aromatic carbocycles. The van der Waals surface area contributed by atoms with Crippen molar-refractivity contribution in [2.75, 3.05) is 6.61 Å². The van der Waals surface area contributed by atoms with Crippen LogP contribution in [0.3, 0.4) is 0 Å². The number of carbonyl (C=O) groups is 1. The van der Waals surface area contributed by atoms with Crippen LogP contribution >= 0.6 is 0 Å². The third kappa shape index (κ3) is 15.4. The number of rotatable bonds is 2. The molecular weight excluding hydrogens is 286 g/mol. The SMILES string of the molecule is CC(C)(C)/C=C/C(=O)NC1CCCCC1.CC(C)(C)C#CCO. The average molecular weight is 322 g/mol. The van der Waals surface area contributed by atoms with Gasteiger partial charge in [0.25, 0.3) is 0 Å². The molecule has 1 saturated carbocycles. The molecule has 0 bridgehead atoms. The topological polar surface area (TPSA) is 49.3 Å². The van der Waals surface area contributed by atoms with Crippen molar-refractivity contribution in [1.29, 1.82) is 0 Å². The van der Waals surface area contributed by atoms with Gasteiger partial charge in [0, 0.05) is 11.5 Å². The molecule has 0 atom stereocenters. The molecule has 1 rings (SSSR count). The van der Waals surface area contributed by atoms with Crippen molar-refractivity contribution in [1.82, 2.24) is 5.32 Å². The van der Waals surface area contributed by atoms with Gasteiger partial charge in [0.05, 0.1) is 0 Å². The van der Waals surface area contributed by atoms with Gasteiger partial charge >= 0.3 is 0 Å². The highest BCUT2D eigenvalue weighted by molar-refractivity contribution is 5.87. The second-order valence-corrected chi connectivity index (χ2v) is 8.25. The Balaban J connectivity index is 0.000000515. The number of amides is 1. The van der Waals surface area contributed by atoms with E-state index in [9.17, 15) is 4.79 Å². The fourth-order valence-electron chi connectivity index (χ4n) is 2.13. The van der Waals surface area contributed by atoms with Gasteiger partial charge in [0.1, 0.15) is 6.61 Å². The van der Waals surface area contributed by atoms with Gasteiger partial charge in [0.2, 0.25) is 5.91 Å². The van der Waals surface area contributed by atoms with Gasteiger partial charge < -0.3 is 10.4 Å². The van der Waals surface area contributed by atoms with Gasteiger partial charge in [-0.25, -0.2) is 0 Å². The smallest absolute Gasteiger partial charge is 0.243 e. The number of nitrogens with one attached hydrogen (secondary N) is 1. The normalized spacial score (nSPS) is 16.1. The van der Waals surface area contributed by atoms with E-state index in [1.54, 1.807) is 6.08 Å². The van der Waals surface area contributed by atoms with Crippen molar-refractivity contribution in [3.8, 4) is 11.8 Å². The van der Waals surface area contributed by atoms with Crippen LogP contribution in [0.2, 0.25) is 0 Å². The second-order valence-electron chi connectivity index (χ2n) is 8.25. The predicted octanol–water partition coefficient (Wildman–Crippen LogP) is 4.07. The van der Waals surface area contributed by atoms with Crippen LogP contribution in [0.5, 0.6) is 0 Å². The fraction of sp³-hybridized carbons (Fsp3) is 0.750. The molecule has 23 heavy (non-hydrogen) atoms. The van der Waals surface area contributed by atoms with Crippen LogP contribution in [0.4, 0.5) is 0 Å². The molecule has 1 aliphatic carbocycles. The highest BCUT2D eigenvalue weighted by atomic mass is 16.2. The third-order valence-corrected chi connectivity index (χ3v) is 3.23. The molecular formula is C20H35NO2. The minimum atomic E-state index is -0.0305. The Morgan fingerprint density at radius 1 is 1.13 bits per heavy atom. The van der Waals surface area contributed by atoms with Gasteiger partial charge in [0.15, 0.2) is 0 Å². The molecule has 0 aliphatic heterocycles. The summed E-state index contributed by atoms with van der Waals surface area (Å²) >= 11 is 0. The van der Waals surface area contributed by atoms with E-state index in [0.29, 0.717) is 6.04 Å². The van der Waals surface area contributed by atoms with E-state index in [0.717, 1.165) is 12.8 Å². The molecule has 3 heteroatoms. The summed E-state index contributed by atoms with van der Waals surface area (Å²) in [6.07, 6.45) is 9.77. The van der Waals surface area contributed by atoms with Crippen molar-refractivity contribution in [2.45, 2.75) is 79.7 Å². The van der Waals surface area contributed by atoms with Crippen molar-refractivity contribution in [3.63, 3.8) is 0 Å². The lowest BCUT2D eigenvalue weighted by molar-refractivity contribution is -0.117. The molecule has 0 aromatic rings. The molecule has 2 N–H and O–H groups in total. The molecule has 0 heterocycles. The van der Waals surface area contributed by atoms with Crippen LogP contribution in [0.25, 0.3) is 0 Å². The maximum atomic E-state index is 11.6. The van der Waals surface area contributed by atoms with Gasteiger partial charge in [-0.2, -0.15) is 0 Å². The van der Waals surface area contributed by atoms with Crippen LogP contribution in [-0.4, -0.2) is 23.7 Å². The zero-order valence-electron chi connectivity index (χ0n) is 15.8. The molecule has 0 unspecified atom stereocenters. The van der Waals surface area contributed by atoms with Crippen molar-refractivity contribution < 1.29 is 9.90 Å². The monoisotopic (exact) mass is 321 g/mol. The summed E-state index contributed by atoms with van der Waals surface area (Å²) in [6.45, 7) is 12.3. The summed E-state index contributed by atoms with van der Waals surface area (Å²) in [5, 5.41) is 11.3. The van der Waals surface area contributed by atoms with Crippen molar-refractivity contribution in [3.05, 3.63) is 12.2 Å². The Hall–Kier alpha value is -1.27. The number of aliphatic hydroxyl groups is 1. The number of aliphatic hydroxyl groups excluding tert-OH is 1.